The summed E-state index contributed by atoms with van der Waals surface area (Å²) in [6.45, 7) is 8.54. The molecule has 1 heterocycles. The van der Waals surface area contributed by atoms with Gasteiger partial charge in [0, 0.05) is 17.6 Å². The third-order valence-electron chi connectivity index (χ3n) is 2.97. The van der Waals surface area contributed by atoms with E-state index in [1.54, 1.807) is 23.9 Å². The van der Waals surface area contributed by atoms with Gasteiger partial charge in [-0.25, -0.2) is 4.68 Å². The lowest BCUT2D eigenvalue weighted by Crippen LogP contribution is -2.10. The van der Waals surface area contributed by atoms with Crippen LogP contribution in [0, 0.1) is 0 Å². The summed E-state index contributed by atoms with van der Waals surface area (Å²) in [5, 5.41) is 15.1. The molecule has 0 fully saturated rings. The summed E-state index contributed by atoms with van der Waals surface area (Å²) < 4.78 is 12.7. The molecule has 2 rings (SSSR count). The zero-order chi connectivity index (χ0) is 16.8. The van der Waals surface area contributed by atoms with Gasteiger partial charge in [0.05, 0.1) is 19.8 Å². The Morgan fingerprint density at radius 2 is 2.17 bits per heavy atom. The minimum atomic E-state index is 0.0347. The number of nitrogens with one attached hydrogen (secondary N) is 1. The van der Waals surface area contributed by atoms with Crippen LogP contribution in [-0.4, -0.2) is 33.4 Å². The number of aromatic nitrogens is 4. The van der Waals surface area contributed by atoms with Crippen molar-refractivity contribution in [3.05, 3.63) is 35.4 Å². The molecular formula is C15H20ClN5O2. The maximum atomic E-state index is 6.33. The van der Waals surface area contributed by atoms with Crippen LogP contribution in [-0.2, 0) is 13.1 Å². The second-order valence-corrected chi connectivity index (χ2v) is 5.50. The average Bonchev–Trinajstić information content (AvgIpc) is 2.93. The summed E-state index contributed by atoms with van der Waals surface area (Å²) in [4.78, 5) is 0. The molecule has 124 valence electrons. The van der Waals surface area contributed by atoms with Crippen molar-refractivity contribution in [3.63, 3.8) is 0 Å². The van der Waals surface area contributed by atoms with Gasteiger partial charge in [0.1, 0.15) is 0 Å². The van der Waals surface area contributed by atoms with E-state index in [0.717, 1.165) is 5.56 Å². The fourth-order valence-corrected chi connectivity index (χ4v) is 2.19. The Bertz CT molecular complexity index is 672. The second-order valence-electron chi connectivity index (χ2n) is 5.09. The summed E-state index contributed by atoms with van der Waals surface area (Å²) in [6.07, 6.45) is 1.75. The standard InChI is InChI=1S/C15H20ClN5O2/c1-5-6-21-15(18-19-20-21)17-9-11-7-13(22-4)14(8-12(11)16)23-10(2)3/h5,7-8,10H,1,6,9H2,2-4H3,(H,17,18,20). The molecule has 23 heavy (non-hydrogen) atoms. The Labute approximate surface area is 140 Å². The molecule has 0 bridgehead atoms. The molecule has 0 aliphatic heterocycles. The number of benzene rings is 1. The van der Waals surface area contributed by atoms with Crippen molar-refractivity contribution in [1.82, 2.24) is 20.2 Å². The van der Waals surface area contributed by atoms with Gasteiger partial charge < -0.3 is 14.8 Å². The highest BCUT2D eigenvalue weighted by molar-refractivity contribution is 6.31. The van der Waals surface area contributed by atoms with Crippen molar-refractivity contribution in [3.8, 4) is 11.5 Å². The number of anilines is 1. The number of allylic oxidation sites excluding steroid dienone is 1. The van der Waals surface area contributed by atoms with Gasteiger partial charge in [-0.05, 0) is 35.9 Å². The second kappa shape index (κ2) is 7.82. The average molecular weight is 338 g/mol. The van der Waals surface area contributed by atoms with Crippen LogP contribution in [0.2, 0.25) is 5.02 Å². The molecule has 0 aliphatic rings. The third kappa shape index (κ3) is 4.35. The van der Waals surface area contributed by atoms with Gasteiger partial charge >= 0.3 is 0 Å². The molecule has 7 nitrogen and oxygen atoms in total. The van der Waals surface area contributed by atoms with Crippen molar-refractivity contribution in [2.24, 2.45) is 0 Å². The third-order valence-corrected chi connectivity index (χ3v) is 3.32. The molecule has 2 aromatic rings. The smallest absolute Gasteiger partial charge is 0.243 e. The topological polar surface area (TPSA) is 74.1 Å². The predicted octanol–water partition coefficient (Wildman–Crippen LogP) is 2.92. The number of methoxy groups -OCH3 is 1. The van der Waals surface area contributed by atoms with Crippen LogP contribution < -0.4 is 14.8 Å². The monoisotopic (exact) mass is 337 g/mol. The fraction of sp³-hybridized carbons (Fsp3) is 0.400. The molecule has 0 saturated heterocycles. The van der Waals surface area contributed by atoms with E-state index >= 15 is 0 Å². The van der Waals surface area contributed by atoms with Crippen molar-refractivity contribution in [2.45, 2.75) is 33.0 Å². The largest absolute Gasteiger partial charge is 0.493 e. The molecule has 1 aromatic heterocycles. The molecule has 0 aliphatic carbocycles. The molecule has 1 aromatic carbocycles. The Balaban J connectivity index is 2.16. The summed E-state index contributed by atoms with van der Waals surface area (Å²) in [6, 6.07) is 3.60. The highest BCUT2D eigenvalue weighted by Crippen LogP contribution is 2.34. The van der Waals surface area contributed by atoms with Crippen LogP contribution in [0.15, 0.2) is 24.8 Å². The number of rotatable bonds is 8. The van der Waals surface area contributed by atoms with E-state index in [1.165, 1.54) is 0 Å². The van der Waals surface area contributed by atoms with E-state index in [4.69, 9.17) is 21.1 Å². The van der Waals surface area contributed by atoms with Gasteiger partial charge in [-0.1, -0.05) is 22.8 Å². The van der Waals surface area contributed by atoms with E-state index in [2.05, 4.69) is 27.4 Å². The van der Waals surface area contributed by atoms with Crippen LogP contribution in [0.3, 0.4) is 0 Å². The van der Waals surface area contributed by atoms with Gasteiger partial charge in [-0.3, -0.25) is 0 Å². The molecule has 0 radical (unpaired) electrons. The van der Waals surface area contributed by atoms with Crippen molar-refractivity contribution < 1.29 is 9.47 Å². The van der Waals surface area contributed by atoms with Crippen molar-refractivity contribution in [1.29, 1.82) is 0 Å². The van der Waals surface area contributed by atoms with Crippen LogP contribution >= 0.6 is 11.6 Å². The predicted molar refractivity (Wildman–Crippen MR) is 89.1 cm³/mol. The minimum absolute atomic E-state index is 0.0347. The molecule has 0 unspecified atom stereocenters. The number of hydrogen-bond acceptors (Lipinski definition) is 6. The zero-order valence-electron chi connectivity index (χ0n) is 13.4. The molecular weight excluding hydrogens is 318 g/mol. The number of ether oxygens (including phenoxy) is 2. The van der Waals surface area contributed by atoms with Gasteiger partial charge in [0.2, 0.25) is 5.95 Å². The van der Waals surface area contributed by atoms with Crippen molar-refractivity contribution in [2.75, 3.05) is 12.4 Å². The van der Waals surface area contributed by atoms with Gasteiger partial charge in [0.15, 0.2) is 11.5 Å². The highest BCUT2D eigenvalue weighted by atomic mass is 35.5. The summed E-state index contributed by atoms with van der Waals surface area (Å²) >= 11 is 6.33. The van der Waals surface area contributed by atoms with Gasteiger partial charge in [0.25, 0.3) is 0 Å². The van der Waals surface area contributed by atoms with Crippen LogP contribution in [0.25, 0.3) is 0 Å². The van der Waals surface area contributed by atoms with Gasteiger partial charge in [-0.15, -0.1) is 6.58 Å². The number of halogens is 1. The SMILES string of the molecule is C=CCn1nnnc1NCc1cc(OC)c(OC(C)C)cc1Cl. The number of tetrazole rings is 1. The number of nitrogens with zero attached hydrogens (tertiary/aromatic N) is 4. The number of hydrogen-bond donors (Lipinski definition) is 1. The lowest BCUT2D eigenvalue weighted by Gasteiger charge is -2.16. The first-order chi connectivity index (χ1) is 11.0. The van der Waals surface area contributed by atoms with E-state index in [1.807, 2.05) is 19.9 Å². The normalized spacial score (nSPS) is 10.7. The van der Waals surface area contributed by atoms with Crippen molar-refractivity contribution >= 4 is 17.5 Å². The minimum Gasteiger partial charge on any atom is -0.493 e. The molecule has 8 heteroatoms. The first-order valence-electron chi connectivity index (χ1n) is 7.19. The summed E-state index contributed by atoms with van der Waals surface area (Å²) in [5.74, 6) is 1.79. The summed E-state index contributed by atoms with van der Waals surface area (Å²) in [7, 11) is 1.60. The van der Waals surface area contributed by atoms with E-state index < -0.39 is 0 Å². The quantitative estimate of drug-likeness (QED) is 0.746. The Morgan fingerprint density at radius 1 is 1.39 bits per heavy atom. The van der Waals surface area contributed by atoms with E-state index in [9.17, 15) is 0 Å². The maximum Gasteiger partial charge on any atom is 0.243 e. The molecule has 0 amide bonds. The lowest BCUT2D eigenvalue weighted by molar-refractivity contribution is 0.230. The van der Waals surface area contributed by atoms with Crippen LogP contribution in [0.5, 0.6) is 11.5 Å². The molecule has 0 spiro atoms. The van der Waals surface area contributed by atoms with E-state index in [-0.39, 0.29) is 6.10 Å². The van der Waals surface area contributed by atoms with Crippen LogP contribution in [0.4, 0.5) is 5.95 Å². The van der Waals surface area contributed by atoms with Gasteiger partial charge in [-0.2, -0.15) is 0 Å². The first-order valence-corrected chi connectivity index (χ1v) is 7.57. The molecule has 1 N–H and O–H groups in total. The zero-order valence-corrected chi connectivity index (χ0v) is 14.2. The first kappa shape index (κ1) is 17.1. The van der Waals surface area contributed by atoms with Crippen LogP contribution in [0.1, 0.15) is 19.4 Å². The Hall–Kier alpha value is -2.28. The Kier molecular flexibility index (Phi) is 5.81. The Morgan fingerprint density at radius 3 is 2.83 bits per heavy atom. The fourth-order valence-electron chi connectivity index (χ4n) is 1.97. The molecule has 0 saturated carbocycles. The summed E-state index contributed by atoms with van der Waals surface area (Å²) in [5.41, 5.74) is 0.854. The lowest BCUT2D eigenvalue weighted by atomic mass is 10.2. The molecule has 0 atom stereocenters. The van der Waals surface area contributed by atoms with E-state index in [0.29, 0.717) is 35.6 Å². The maximum absolute atomic E-state index is 6.33. The highest BCUT2D eigenvalue weighted by Gasteiger charge is 2.13.